The van der Waals surface area contributed by atoms with Gasteiger partial charge >= 0.3 is 0 Å². The van der Waals surface area contributed by atoms with Crippen molar-refractivity contribution in [2.45, 2.75) is 6.92 Å². The molecule has 0 saturated carbocycles. The van der Waals surface area contributed by atoms with Gasteiger partial charge in [0, 0.05) is 35.1 Å². The molecule has 0 bridgehead atoms. The van der Waals surface area contributed by atoms with Crippen molar-refractivity contribution in [3.05, 3.63) is 71.7 Å². The Morgan fingerprint density at radius 3 is 2.64 bits per heavy atom. The number of ketones is 1. The van der Waals surface area contributed by atoms with Gasteiger partial charge in [0.05, 0.1) is 5.69 Å². The number of nitrogens with zero attached hydrogens (tertiary/aromatic N) is 2. The highest BCUT2D eigenvalue weighted by atomic mass is 19.1. The van der Waals surface area contributed by atoms with Crippen LogP contribution in [0.1, 0.15) is 22.8 Å². The van der Waals surface area contributed by atoms with E-state index < -0.39 is 5.82 Å². The number of nitrogen functional groups attached to an aromatic ring is 1. The van der Waals surface area contributed by atoms with Gasteiger partial charge in [-0.25, -0.2) is 14.4 Å². The Bertz CT molecular complexity index is 910. The average Bonchev–Trinajstić information content (AvgIpc) is 2.63. The molecule has 0 atom stereocenters. The fourth-order valence-electron chi connectivity index (χ4n) is 2.43. The largest absolute Gasteiger partial charge is 0.398 e. The lowest BCUT2D eigenvalue weighted by Crippen LogP contribution is -2.06. The van der Waals surface area contributed by atoms with Crippen molar-refractivity contribution >= 4 is 17.4 Å². The minimum absolute atomic E-state index is 0.264. The molecule has 0 aliphatic rings. The summed E-state index contributed by atoms with van der Waals surface area (Å²) in [4.78, 5) is 21.2. The van der Waals surface area contributed by atoms with Gasteiger partial charge < -0.3 is 11.1 Å². The monoisotopic (exact) mass is 336 g/mol. The molecule has 0 unspecified atom stereocenters. The lowest BCUT2D eigenvalue weighted by atomic mass is 9.98. The second-order valence-corrected chi connectivity index (χ2v) is 5.43. The van der Waals surface area contributed by atoms with Crippen molar-refractivity contribution in [1.82, 2.24) is 9.97 Å². The number of carbonyl (C=O) groups excluding carboxylic acids is 1. The first-order valence-electron chi connectivity index (χ1n) is 7.85. The Hall–Kier alpha value is -3.28. The second-order valence-electron chi connectivity index (χ2n) is 5.43. The summed E-state index contributed by atoms with van der Waals surface area (Å²) >= 11 is 0. The van der Waals surface area contributed by atoms with E-state index in [9.17, 15) is 9.18 Å². The number of hydrogen-bond donors (Lipinski definition) is 2. The quantitative estimate of drug-likeness (QED) is 0.550. The summed E-state index contributed by atoms with van der Waals surface area (Å²) in [6.45, 7) is 2.66. The zero-order valence-electron chi connectivity index (χ0n) is 13.7. The molecule has 2 aromatic carbocycles. The molecule has 0 aliphatic heterocycles. The number of nitrogens with one attached hydrogen (secondary N) is 1. The third kappa shape index (κ3) is 3.63. The van der Waals surface area contributed by atoms with Gasteiger partial charge in [-0.1, -0.05) is 6.07 Å². The molecule has 3 rings (SSSR count). The molecule has 0 aliphatic carbocycles. The van der Waals surface area contributed by atoms with Gasteiger partial charge in [0.25, 0.3) is 0 Å². The Kier molecular flexibility index (Phi) is 4.70. The predicted molar refractivity (Wildman–Crippen MR) is 95.9 cm³/mol. The second kappa shape index (κ2) is 7.09. The lowest BCUT2D eigenvalue weighted by Gasteiger charge is -2.09. The number of rotatable bonds is 5. The van der Waals surface area contributed by atoms with Gasteiger partial charge in [-0.3, -0.25) is 4.79 Å². The minimum Gasteiger partial charge on any atom is -0.398 e. The molecule has 0 radical (unpaired) electrons. The number of anilines is 2. The summed E-state index contributed by atoms with van der Waals surface area (Å²) in [5.74, 6) is -0.140. The highest BCUT2D eigenvalue weighted by Gasteiger charge is 2.14. The van der Waals surface area contributed by atoms with Crippen LogP contribution in [0, 0.1) is 5.82 Å². The first-order chi connectivity index (χ1) is 12.1. The Labute approximate surface area is 144 Å². The molecule has 6 heteroatoms. The lowest BCUT2D eigenvalue weighted by molar-refractivity contribution is 0.103. The highest BCUT2D eigenvalue weighted by molar-refractivity contribution is 6.12. The molecule has 3 aromatic rings. The molecule has 1 aromatic heterocycles. The van der Waals surface area contributed by atoms with Crippen LogP contribution in [0.15, 0.2) is 54.7 Å². The third-order valence-electron chi connectivity index (χ3n) is 3.69. The van der Waals surface area contributed by atoms with Gasteiger partial charge in [-0.2, -0.15) is 0 Å². The van der Waals surface area contributed by atoms with Crippen LogP contribution in [0.2, 0.25) is 0 Å². The molecule has 126 valence electrons. The predicted octanol–water partition coefficient (Wildman–Crippen LogP) is 3.53. The van der Waals surface area contributed by atoms with Gasteiger partial charge in [-0.05, 0) is 49.4 Å². The number of halogens is 1. The fourth-order valence-corrected chi connectivity index (χ4v) is 2.43. The van der Waals surface area contributed by atoms with Gasteiger partial charge in [0.2, 0.25) is 5.95 Å². The summed E-state index contributed by atoms with van der Waals surface area (Å²) in [6, 6.07) is 12.3. The van der Waals surface area contributed by atoms with E-state index in [1.807, 2.05) is 6.92 Å². The summed E-state index contributed by atoms with van der Waals surface area (Å²) in [5.41, 5.74) is 8.49. The van der Waals surface area contributed by atoms with Crippen LogP contribution in [0.3, 0.4) is 0 Å². The van der Waals surface area contributed by atoms with Crippen LogP contribution in [0.5, 0.6) is 0 Å². The van der Waals surface area contributed by atoms with Gasteiger partial charge in [0.15, 0.2) is 5.78 Å². The molecule has 3 N–H and O–H groups in total. The average molecular weight is 336 g/mol. The van der Waals surface area contributed by atoms with E-state index in [1.54, 1.807) is 30.5 Å². The SMILES string of the molecule is CCNc1nccc(-c2ccc(N)c(C(=O)c3ccc(F)cc3)c2)n1. The fraction of sp³-hybridized carbons (Fsp3) is 0.105. The highest BCUT2D eigenvalue weighted by Crippen LogP contribution is 2.25. The van der Waals surface area contributed by atoms with Crippen LogP contribution in [-0.4, -0.2) is 22.3 Å². The number of benzene rings is 2. The Balaban J connectivity index is 1.99. The van der Waals surface area contributed by atoms with E-state index in [0.717, 1.165) is 5.56 Å². The van der Waals surface area contributed by atoms with Gasteiger partial charge in [0.1, 0.15) is 5.82 Å². The van der Waals surface area contributed by atoms with Crippen molar-refractivity contribution < 1.29 is 9.18 Å². The maximum Gasteiger partial charge on any atom is 0.223 e. The third-order valence-corrected chi connectivity index (χ3v) is 3.69. The number of carbonyl (C=O) groups is 1. The van der Waals surface area contributed by atoms with Crippen LogP contribution < -0.4 is 11.1 Å². The van der Waals surface area contributed by atoms with Crippen molar-refractivity contribution in [3.8, 4) is 11.3 Å². The zero-order valence-corrected chi connectivity index (χ0v) is 13.7. The molecule has 0 saturated heterocycles. The first kappa shape index (κ1) is 16.6. The van der Waals surface area contributed by atoms with Crippen molar-refractivity contribution in [2.75, 3.05) is 17.6 Å². The van der Waals surface area contributed by atoms with Crippen LogP contribution in [-0.2, 0) is 0 Å². The standard InChI is InChI=1S/C19H17FN4O/c1-2-22-19-23-10-9-17(24-19)13-5-8-16(21)15(11-13)18(25)12-3-6-14(20)7-4-12/h3-11H,2,21H2,1H3,(H,22,23,24). The summed E-state index contributed by atoms with van der Waals surface area (Å²) in [7, 11) is 0. The van der Waals surface area contributed by atoms with E-state index in [2.05, 4.69) is 15.3 Å². The number of aromatic nitrogens is 2. The molecule has 5 nitrogen and oxygen atoms in total. The molecular weight excluding hydrogens is 319 g/mol. The van der Waals surface area contributed by atoms with Crippen molar-refractivity contribution in [2.24, 2.45) is 0 Å². The van der Waals surface area contributed by atoms with Crippen LogP contribution in [0.25, 0.3) is 11.3 Å². The normalized spacial score (nSPS) is 10.5. The molecular formula is C19H17FN4O. The molecule has 0 fully saturated rings. The maximum atomic E-state index is 13.1. The number of nitrogens with two attached hydrogens (primary N) is 1. The van der Waals surface area contributed by atoms with E-state index in [0.29, 0.717) is 35.0 Å². The Morgan fingerprint density at radius 2 is 1.92 bits per heavy atom. The van der Waals surface area contributed by atoms with E-state index in [-0.39, 0.29) is 5.78 Å². The summed E-state index contributed by atoms with van der Waals surface area (Å²) in [5, 5.41) is 3.05. The van der Waals surface area contributed by atoms with E-state index in [1.165, 1.54) is 24.3 Å². The van der Waals surface area contributed by atoms with Crippen LogP contribution in [0.4, 0.5) is 16.0 Å². The van der Waals surface area contributed by atoms with E-state index >= 15 is 0 Å². The smallest absolute Gasteiger partial charge is 0.223 e. The summed E-state index contributed by atoms with van der Waals surface area (Å²) in [6.07, 6.45) is 1.65. The van der Waals surface area contributed by atoms with Crippen molar-refractivity contribution in [1.29, 1.82) is 0 Å². The number of hydrogen-bond acceptors (Lipinski definition) is 5. The molecule has 1 heterocycles. The zero-order chi connectivity index (χ0) is 17.8. The van der Waals surface area contributed by atoms with Gasteiger partial charge in [-0.15, -0.1) is 0 Å². The van der Waals surface area contributed by atoms with Crippen molar-refractivity contribution in [3.63, 3.8) is 0 Å². The molecule has 25 heavy (non-hydrogen) atoms. The topological polar surface area (TPSA) is 80.9 Å². The maximum absolute atomic E-state index is 13.1. The molecule has 0 spiro atoms. The summed E-state index contributed by atoms with van der Waals surface area (Å²) < 4.78 is 13.1. The molecule has 0 amide bonds. The first-order valence-corrected chi connectivity index (χ1v) is 7.85. The van der Waals surface area contributed by atoms with Crippen LogP contribution >= 0.6 is 0 Å². The van der Waals surface area contributed by atoms with E-state index in [4.69, 9.17) is 5.73 Å². The Morgan fingerprint density at radius 1 is 1.16 bits per heavy atom. The minimum atomic E-state index is -0.393.